The fourth-order valence-corrected chi connectivity index (χ4v) is 3.72. The van der Waals surface area contributed by atoms with Crippen LogP contribution in [0.3, 0.4) is 0 Å². The molecule has 0 aromatic heterocycles. The Morgan fingerprint density at radius 1 is 1.14 bits per heavy atom. The van der Waals surface area contributed by atoms with Gasteiger partial charge in [0, 0.05) is 18.5 Å². The van der Waals surface area contributed by atoms with Gasteiger partial charge in [-0.2, -0.15) is 0 Å². The van der Waals surface area contributed by atoms with Gasteiger partial charge in [-0.1, -0.05) is 18.9 Å². The molecule has 4 heteroatoms. The lowest BCUT2D eigenvalue weighted by atomic mass is 9.77. The minimum atomic E-state index is -0.630. The van der Waals surface area contributed by atoms with Crippen molar-refractivity contribution >= 4 is 5.78 Å². The largest absolute Gasteiger partial charge is 0.304 e. The minimum absolute atomic E-state index is 0.0181. The summed E-state index contributed by atoms with van der Waals surface area (Å²) in [5, 5.41) is 3.46. The number of ketones is 1. The maximum atomic E-state index is 13.6. The van der Waals surface area contributed by atoms with Gasteiger partial charge in [0.25, 0.3) is 0 Å². The van der Waals surface area contributed by atoms with Crippen LogP contribution >= 0.6 is 0 Å². The van der Waals surface area contributed by atoms with Gasteiger partial charge in [0.1, 0.15) is 11.6 Å². The quantitative estimate of drug-likeness (QED) is 0.925. The number of fused-ring (bicyclic) bond motifs is 1. The average molecular weight is 293 g/mol. The lowest BCUT2D eigenvalue weighted by Crippen LogP contribution is -2.52. The normalized spacial score (nSPS) is 29.0. The monoisotopic (exact) mass is 293 g/mol. The molecule has 2 nitrogen and oxygen atoms in total. The Morgan fingerprint density at radius 3 is 2.76 bits per heavy atom. The number of rotatable bonds is 3. The molecule has 3 rings (SSSR count). The molecule has 0 bridgehead atoms. The number of carbonyl (C=O) groups is 1. The summed E-state index contributed by atoms with van der Waals surface area (Å²) >= 11 is 0. The van der Waals surface area contributed by atoms with E-state index in [2.05, 4.69) is 5.32 Å². The maximum absolute atomic E-state index is 13.6. The molecule has 1 aliphatic carbocycles. The van der Waals surface area contributed by atoms with Crippen LogP contribution in [0.1, 0.15) is 44.1 Å². The topological polar surface area (TPSA) is 29.1 Å². The first kappa shape index (κ1) is 14.6. The minimum Gasteiger partial charge on any atom is -0.304 e. The molecule has 2 fully saturated rings. The summed E-state index contributed by atoms with van der Waals surface area (Å²) in [6.07, 6.45) is 6.87. The summed E-state index contributed by atoms with van der Waals surface area (Å²) in [6.45, 7) is 0. The Bertz CT molecular complexity index is 532. The Labute approximate surface area is 123 Å². The lowest BCUT2D eigenvalue weighted by molar-refractivity contribution is -0.121. The Hall–Kier alpha value is -1.29. The number of hydrogen-bond donors (Lipinski definition) is 1. The number of benzene rings is 1. The Balaban J connectivity index is 1.63. The van der Waals surface area contributed by atoms with Crippen molar-refractivity contribution in [2.45, 2.75) is 57.0 Å². The van der Waals surface area contributed by atoms with E-state index in [1.54, 1.807) is 0 Å². The van der Waals surface area contributed by atoms with Crippen LogP contribution in [0.5, 0.6) is 0 Å². The van der Waals surface area contributed by atoms with Crippen molar-refractivity contribution in [3.8, 4) is 0 Å². The molecule has 114 valence electrons. The van der Waals surface area contributed by atoms with Gasteiger partial charge in [0.15, 0.2) is 5.78 Å². The van der Waals surface area contributed by atoms with Gasteiger partial charge in [-0.25, -0.2) is 8.78 Å². The second-order valence-electron chi connectivity index (χ2n) is 6.33. The van der Waals surface area contributed by atoms with Gasteiger partial charge in [-0.05, 0) is 43.2 Å². The number of piperidine rings is 1. The third kappa shape index (κ3) is 3.31. The fourth-order valence-electron chi connectivity index (χ4n) is 3.72. The van der Waals surface area contributed by atoms with Crippen molar-refractivity contribution in [1.82, 2.24) is 5.32 Å². The van der Waals surface area contributed by atoms with E-state index >= 15 is 0 Å². The first-order valence-electron chi connectivity index (χ1n) is 7.86. The van der Waals surface area contributed by atoms with Crippen LogP contribution in [0.25, 0.3) is 0 Å². The first-order chi connectivity index (χ1) is 10.1. The number of hydrogen-bond acceptors (Lipinski definition) is 2. The second kappa shape index (κ2) is 6.22. The highest BCUT2D eigenvalue weighted by Crippen LogP contribution is 2.32. The van der Waals surface area contributed by atoms with E-state index in [1.807, 2.05) is 0 Å². The van der Waals surface area contributed by atoms with E-state index in [0.717, 1.165) is 25.3 Å². The first-order valence-corrected chi connectivity index (χ1v) is 7.86. The van der Waals surface area contributed by atoms with E-state index in [4.69, 9.17) is 0 Å². The zero-order valence-corrected chi connectivity index (χ0v) is 12.1. The van der Waals surface area contributed by atoms with Crippen molar-refractivity contribution in [2.75, 3.05) is 0 Å². The molecule has 21 heavy (non-hydrogen) atoms. The molecule has 0 amide bonds. The van der Waals surface area contributed by atoms with Crippen LogP contribution in [0.15, 0.2) is 18.2 Å². The maximum Gasteiger partial charge on any atom is 0.154 e. The zero-order valence-electron chi connectivity index (χ0n) is 12.1. The van der Waals surface area contributed by atoms with Gasteiger partial charge < -0.3 is 5.32 Å². The fraction of sp³-hybridized carbons (Fsp3) is 0.588. The number of nitrogens with one attached hydrogen (secondary N) is 1. The number of halogens is 2. The predicted octanol–water partition coefficient (Wildman–Crippen LogP) is 3.39. The molecule has 1 aromatic carbocycles. The second-order valence-corrected chi connectivity index (χ2v) is 6.33. The highest BCUT2D eigenvalue weighted by atomic mass is 19.1. The summed E-state index contributed by atoms with van der Waals surface area (Å²) in [7, 11) is 0. The zero-order chi connectivity index (χ0) is 14.8. The number of Topliss-reactive ketones (excluding diaryl/α,β-unsaturated/α-hetero) is 1. The Kier molecular flexibility index (Phi) is 4.34. The molecular formula is C17H21F2NO. The molecule has 1 saturated carbocycles. The van der Waals surface area contributed by atoms with E-state index in [9.17, 15) is 13.6 Å². The molecule has 3 unspecified atom stereocenters. The van der Waals surface area contributed by atoms with Gasteiger partial charge in [0.05, 0.1) is 6.04 Å². The lowest BCUT2D eigenvalue weighted by Gasteiger charge is -2.40. The molecule has 1 aromatic rings. The van der Waals surface area contributed by atoms with Crippen molar-refractivity contribution in [2.24, 2.45) is 5.92 Å². The molecule has 3 atom stereocenters. The molecule has 0 spiro atoms. The summed E-state index contributed by atoms with van der Waals surface area (Å²) in [5.41, 5.74) is 0.286. The third-order valence-electron chi connectivity index (χ3n) is 4.92. The molecule has 2 aliphatic rings. The van der Waals surface area contributed by atoms with Crippen molar-refractivity contribution < 1.29 is 13.6 Å². The van der Waals surface area contributed by atoms with Crippen LogP contribution in [-0.4, -0.2) is 17.9 Å². The van der Waals surface area contributed by atoms with E-state index < -0.39 is 11.6 Å². The van der Waals surface area contributed by atoms with E-state index in [-0.39, 0.29) is 23.8 Å². The van der Waals surface area contributed by atoms with E-state index in [0.29, 0.717) is 12.0 Å². The summed E-state index contributed by atoms with van der Waals surface area (Å²) < 4.78 is 26.5. The molecule has 1 heterocycles. The molecule has 1 N–H and O–H groups in total. The van der Waals surface area contributed by atoms with Crippen LogP contribution in [0.4, 0.5) is 8.78 Å². The summed E-state index contributed by atoms with van der Waals surface area (Å²) in [5.74, 6) is -0.519. The molecule has 0 radical (unpaired) electrons. The average Bonchev–Trinajstić information content (AvgIpc) is 2.49. The van der Waals surface area contributed by atoms with Crippen LogP contribution in [-0.2, 0) is 11.2 Å². The smallest absolute Gasteiger partial charge is 0.154 e. The number of carbonyl (C=O) groups excluding carboxylic acids is 1. The highest BCUT2D eigenvalue weighted by Gasteiger charge is 2.34. The van der Waals surface area contributed by atoms with Crippen LogP contribution in [0, 0.1) is 17.6 Å². The van der Waals surface area contributed by atoms with Crippen molar-refractivity contribution in [3.63, 3.8) is 0 Å². The van der Waals surface area contributed by atoms with Crippen molar-refractivity contribution in [3.05, 3.63) is 35.4 Å². The van der Waals surface area contributed by atoms with Gasteiger partial charge >= 0.3 is 0 Å². The third-order valence-corrected chi connectivity index (χ3v) is 4.92. The molecular weight excluding hydrogens is 272 g/mol. The van der Waals surface area contributed by atoms with E-state index in [1.165, 1.54) is 31.4 Å². The SMILES string of the molecule is O=C(Cc1ccc(F)cc1F)C1CCC2CCCCC2N1. The van der Waals surface area contributed by atoms with Crippen LogP contribution < -0.4 is 5.32 Å². The van der Waals surface area contributed by atoms with Gasteiger partial charge in [0.2, 0.25) is 0 Å². The van der Waals surface area contributed by atoms with Gasteiger partial charge in [-0.3, -0.25) is 4.79 Å². The highest BCUT2D eigenvalue weighted by molar-refractivity contribution is 5.86. The summed E-state index contributed by atoms with van der Waals surface area (Å²) in [6, 6.07) is 3.69. The van der Waals surface area contributed by atoms with Crippen LogP contribution in [0.2, 0.25) is 0 Å². The van der Waals surface area contributed by atoms with Gasteiger partial charge in [-0.15, -0.1) is 0 Å². The molecule has 1 saturated heterocycles. The standard InChI is InChI=1S/C17H21F2NO/c18-13-7-5-12(14(19)10-13)9-17(21)16-8-6-11-3-1-2-4-15(11)20-16/h5,7,10-11,15-16,20H,1-4,6,8-9H2. The molecule has 1 aliphatic heterocycles. The van der Waals surface area contributed by atoms with Crippen molar-refractivity contribution in [1.29, 1.82) is 0 Å². The summed E-state index contributed by atoms with van der Waals surface area (Å²) in [4.78, 5) is 12.4. The predicted molar refractivity (Wildman–Crippen MR) is 77.0 cm³/mol. The Morgan fingerprint density at radius 2 is 1.95 bits per heavy atom.